The molecule has 0 aliphatic carbocycles. The van der Waals surface area contributed by atoms with Gasteiger partial charge in [-0.25, -0.2) is 17.7 Å². The van der Waals surface area contributed by atoms with Crippen molar-refractivity contribution < 1.29 is 8.42 Å². The molecule has 0 saturated carbocycles. The fourth-order valence-corrected chi connectivity index (χ4v) is 4.65. The van der Waals surface area contributed by atoms with Crippen LogP contribution in [0.4, 0.5) is 5.95 Å². The maximum Gasteiger partial charge on any atom is 0.267 e. The predicted molar refractivity (Wildman–Crippen MR) is 122 cm³/mol. The first-order chi connectivity index (χ1) is 14.8. The van der Waals surface area contributed by atoms with Crippen LogP contribution in [-0.4, -0.2) is 28.0 Å². The van der Waals surface area contributed by atoms with Gasteiger partial charge in [0, 0.05) is 0 Å². The van der Waals surface area contributed by atoms with Gasteiger partial charge < -0.3 is 0 Å². The molecule has 0 aliphatic rings. The molecule has 2 heterocycles. The number of nitrogens with zero attached hydrogens (tertiary/aromatic N) is 5. The Balaban J connectivity index is 1.86. The summed E-state index contributed by atoms with van der Waals surface area (Å²) in [6.45, 7) is 7.35. The summed E-state index contributed by atoms with van der Waals surface area (Å²) < 4.78 is 29.7. The topological polar surface area (TPSA) is 80.5 Å². The number of rotatable bonds is 6. The van der Waals surface area contributed by atoms with E-state index in [4.69, 9.17) is 11.6 Å². The van der Waals surface area contributed by atoms with Crippen molar-refractivity contribution in [3.05, 3.63) is 88.7 Å². The third-order valence-electron chi connectivity index (χ3n) is 4.90. The molecule has 0 aliphatic heterocycles. The molecule has 0 atom stereocenters. The highest BCUT2D eigenvalue weighted by Crippen LogP contribution is 2.26. The number of anilines is 1. The van der Waals surface area contributed by atoms with E-state index in [-0.39, 0.29) is 23.2 Å². The fourth-order valence-electron chi connectivity index (χ4n) is 3.16. The van der Waals surface area contributed by atoms with Crippen LogP contribution in [0.25, 0.3) is 11.9 Å². The summed E-state index contributed by atoms with van der Waals surface area (Å²) in [7, 11) is -3.93. The number of hydrogen-bond acceptors (Lipinski definition) is 5. The molecule has 4 rings (SSSR count). The van der Waals surface area contributed by atoms with Gasteiger partial charge in [0.05, 0.1) is 27.9 Å². The molecule has 0 bridgehead atoms. The molecule has 2 aromatic heterocycles. The molecule has 31 heavy (non-hydrogen) atoms. The first-order valence-electron chi connectivity index (χ1n) is 9.50. The lowest BCUT2D eigenvalue weighted by Gasteiger charge is -2.21. The molecule has 0 unspecified atom stereocenters. The number of halogens is 1. The Morgan fingerprint density at radius 1 is 1.06 bits per heavy atom. The normalized spacial score (nSPS) is 11.6. The van der Waals surface area contributed by atoms with Gasteiger partial charge >= 0.3 is 0 Å². The minimum atomic E-state index is -3.93. The Morgan fingerprint density at radius 3 is 2.39 bits per heavy atom. The molecule has 0 saturated heterocycles. The van der Waals surface area contributed by atoms with E-state index in [1.54, 1.807) is 50.3 Å². The molecule has 0 fully saturated rings. The summed E-state index contributed by atoms with van der Waals surface area (Å²) >= 11 is 6.30. The first-order valence-corrected chi connectivity index (χ1v) is 11.3. The summed E-state index contributed by atoms with van der Waals surface area (Å²) in [5, 5.41) is 4.89. The summed E-state index contributed by atoms with van der Waals surface area (Å²) in [6, 6.07) is 15.7. The van der Waals surface area contributed by atoms with E-state index >= 15 is 0 Å². The molecule has 0 spiro atoms. The van der Waals surface area contributed by atoms with Crippen LogP contribution in [-0.2, 0) is 16.6 Å². The highest BCUT2D eigenvalue weighted by Gasteiger charge is 2.29. The van der Waals surface area contributed by atoms with Gasteiger partial charge in [0.2, 0.25) is 0 Å². The predicted octanol–water partition coefficient (Wildman–Crippen LogP) is 4.43. The zero-order valence-corrected chi connectivity index (χ0v) is 18.6. The lowest BCUT2D eigenvalue weighted by Crippen LogP contribution is -2.31. The molecule has 0 amide bonds. The molecular formula is C22H20ClN5O2S. The van der Waals surface area contributed by atoms with Crippen LogP contribution in [0.3, 0.4) is 0 Å². The lowest BCUT2D eigenvalue weighted by atomic mass is 10.1. The van der Waals surface area contributed by atoms with Gasteiger partial charge in [-0.05, 0) is 37.1 Å². The molecule has 158 valence electrons. The van der Waals surface area contributed by atoms with Gasteiger partial charge in [-0.3, -0.25) is 0 Å². The Labute approximate surface area is 185 Å². The summed E-state index contributed by atoms with van der Waals surface area (Å²) in [6.07, 6.45) is 1.73. The number of benzene rings is 2. The van der Waals surface area contributed by atoms with E-state index in [1.165, 1.54) is 8.82 Å². The molecule has 4 aromatic rings. The Hall–Kier alpha value is -3.23. The van der Waals surface area contributed by atoms with E-state index < -0.39 is 10.0 Å². The van der Waals surface area contributed by atoms with E-state index in [1.807, 2.05) is 24.3 Å². The average molecular weight is 454 g/mol. The van der Waals surface area contributed by atoms with Crippen LogP contribution in [0.2, 0.25) is 5.02 Å². The lowest BCUT2D eigenvalue weighted by molar-refractivity contribution is 0.589. The number of sulfonamides is 1. The monoisotopic (exact) mass is 453 g/mol. The van der Waals surface area contributed by atoms with Gasteiger partial charge in [0.15, 0.2) is 0 Å². The number of hydrogen-bond donors (Lipinski definition) is 0. The average Bonchev–Trinajstić information content (AvgIpc) is 3.20. The minimum absolute atomic E-state index is 0.0221. The van der Waals surface area contributed by atoms with Crippen molar-refractivity contribution in [1.82, 2.24) is 19.6 Å². The summed E-state index contributed by atoms with van der Waals surface area (Å²) in [4.78, 5) is 8.91. The molecular weight excluding hydrogens is 434 g/mol. The van der Waals surface area contributed by atoms with Crippen molar-refractivity contribution in [3.63, 3.8) is 0 Å². The van der Waals surface area contributed by atoms with Gasteiger partial charge in [0.25, 0.3) is 21.7 Å². The molecule has 7 nitrogen and oxygen atoms in total. The second-order valence-electron chi connectivity index (χ2n) is 6.99. The molecule has 2 aromatic carbocycles. The van der Waals surface area contributed by atoms with Crippen molar-refractivity contribution >= 4 is 39.4 Å². The molecule has 0 N–H and O–H groups in total. The standard InChI is InChI=1S/C22H20ClN5O2S/c1-4-17-10-12-18(13-11-17)14-27(31(29,30)19-8-6-5-7-9-19)22-25-21-24-15(2)20(23)16(3)28(21)26-22/h4-13H,1,14H2,2-3H3. The largest absolute Gasteiger partial charge is 0.267 e. The van der Waals surface area contributed by atoms with Gasteiger partial charge in [-0.1, -0.05) is 66.7 Å². The van der Waals surface area contributed by atoms with Crippen LogP contribution in [0, 0.1) is 13.8 Å². The summed E-state index contributed by atoms with van der Waals surface area (Å²) in [5.74, 6) is 0.304. The maximum absolute atomic E-state index is 13.5. The van der Waals surface area contributed by atoms with Crippen molar-refractivity contribution in [2.45, 2.75) is 25.3 Å². The van der Waals surface area contributed by atoms with Crippen molar-refractivity contribution in [1.29, 1.82) is 0 Å². The zero-order valence-electron chi connectivity index (χ0n) is 17.0. The van der Waals surface area contributed by atoms with Crippen molar-refractivity contribution in [2.24, 2.45) is 0 Å². The number of aryl methyl sites for hydroxylation is 2. The Kier molecular flexibility index (Phi) is 5.51. The zero-order chi connectivity index (χ0) is 22.2. The Morgan fingerprint density at radius 2 is 1.74 bits per heavy atom. The van der Waals surface area contributed by atoms with Gasteiger partial charge in [0.1, 0.15) is 0 Å². The molecule has 9 heteroatoms. The minimum Gasteiger partial charge on any atom is -0.228 e. The third-order valence-corrected chi connectivity index (χ3v) is 7.18. The smallest absolute Gasteiger partial charge is 0.228 e. The van der Waals surface area contributed by atoms with E-state index in [0.717, 1.165) is 11.1 Å². The van der Waals surface area contributed by atoms with E-state index in [9.17, 15) is 8.42 Å². The SMILES string of the molecule is C=Cc1ccc(CN(c2nc3nc(C)c(Cl)c(C)n3n2)S(=O)(=O)c2ccccc2)cc1. The van der Waals surface area contributed by atoms with E-state index in [2.05, 4.69) is 21.6 Å². The number of fused-ring (bicyclic) bond motifs is 1. The van der Waals surface area contributed by atoms with Crippen molar-refractivity contribution in [2.75, 3.05) is 4.31 Å². The van der Waals surface area contributed by atoms with Gasteiger partial charge in [-0.2, -0.15) is 9.50 Å². The molecule has 0 radical (unpaired) electrons. The quantitative estimate of drug-likeness (QED) is 0.431. The van der Waals surface area contributed by atoms with Crippen molar-refractivity contribution in [3.8, 4) is 0 Å². The van der Waals surface area contributed by atoms with Crippen LogP contribution in [0.15, 0.2) is 66.1 Å². The first kappa shape index (κ1) is 21.0. The van der Waals surface area contributed by atoms with Gasteiger partial charge in [-0.15, -0.1) is 5.10 Å². The van der Waals surface area contributed by atoms with Crippen LogP contribution in [0.1, 0.15) is 22.5 Å². The number of aromatic nitrogens is 4. The second kappa shape index (κ2) is 8.13. The highest BCUT2D eigenvalue weighted by atomic mass is 35.5. The summed E-state index contributed by atoms with van der Waals surface area (Å²) in [5.41, 5.74) is 2.96. The van der Waals surface area contributed by atoms with E-state index in [0.29, 0.717) is 16.4 Å². The fraction of sp³-hybridized carbons (Fsp3) is 0.136. The highest BCUT2D eigenvalue weighted by molar-refractivity contribution is 7.92. The van der Waals surface area contributed by atoms with Crippen LogP contribution < -0.4 is 4.31 Å². The second-order valence-corrected chi connectivity index (χ2v) is 9.23. The maximum atomic E-state index is 13.5. The van der Waals surface area contributed by atoms with Crippen LogP contribution >= 0.6 is 11.6 Å². The van der Waals surface area contributed by atoms with Crippen LogP contribution in [0.5, 0.6) is 0 Å². The third kappa shape index (κ3) is 3.92. The Bertz CT molecular complexity index is 1370.